The molecule has 6 rings (SSSR count). The van der Waals surface area contributed by atoms with E-state index in [4.69, 9.17) is 9.72 Å². The molecule has 0 bridgehead atoms. The number of unbranched alkanes of at least 4 members (excludes halogenated alkanes) is 3. The van der Waals surface area contributed by atoms with Gasteiger partial charge in [-0.25, -0.2) is 12.8 Å². The molecule has 3 aliphatic rings. The first-order valence-corrected chi connectivity index (χ1v) is 21.7. The van der Waals surface area contributed by atoms with E-state index in [-0.39, 0.29) is 49.3 Å². The Balaban J connectivity index is 1.30. The second kappa shape index (κ2) is 16.8. The van der Waals surface area contributed by atoms with Crippen molar-refractivity contribution in [2.45, 2.75) is 140 Å². The second-order valence-corrected chi connectivity index (χ2v) is 19.8. The lowest BCUT2D eigenvalue weighted by Gasteiger charge is -2.30. The number of amides is 3. The SMILES string of the molecule is C/C=C\CCCCC[C@H](Nc1cc(F)cc(C(F)(F)F)c1)C(=O)N1C[C@H](Oc2nc3ccccc3n2CC(C)(C)C)C[C@H]1C(=O)NC1(C(=O)NS(=O)(=O)C2(C)CC2)CC1. The van der Waals surface area contributed by atoms with Crippen molar-refractivity contribution in [2.24, 2.45) is 5.41 Å². The van der Waals surface area contributed by atoms with E-state index in [1.165, 1.54) is 4.90 Å². The average Bonchev–Trinajstić information content (AvgIpc) is 4.03. The third kappa shape index (κ3) is 10.4. The molecule has 3 fully saturated rings. The van der Waals surface area contributed by atoms with Crippen molar-refractivity contribution in [3.63, 3.8) is 0 Å². The number of aromatic nitrogens is 2. The fraction of sp³-hybridized carbons (Fsp3) is 0.571. The summed E-state index contributed by atoms with van der Waals surface area (Å²) < 4.78 is 91.2. The largest absolute Gasteiger partial charge is 0.459 e. The van der Waals surface area contributed by atoms with Crippen LogP contribution in [0.4, 0.5) is 23.2 Å². The van der Waals surface area contributed by atoms with Crippen molar-refractivity contribution in [1.29, 1.82) is 0 Å². The molecular formula is C42H54F4N6O6S. The first-order chi connectivity index (χ1) is 27.6. The van der Waals surface area contributed by atoms with E-state index in [1.807, 2.05) is 47.9 Å². The Morgan fingerprint density at radius 2 is 1.75 bits per heavy atom. The van der Waals surface area contributed by atoms with Gasteiger partial charge in [-0.05, 0) is 94.5 Å². The van der Waals surface area contributed by atoms with Crippen LogP contribution < -0.4 is 20.1 Å². The molecule has 2 heterocycles. The highest BCUT2D eigenvalue weighted by molar-refractivity contribution is 7.91. The fourth-order valence-corrected chi connectivity index (χ4v) is 8.71. The Labute approximate surface area is 342 Å². The highest BCUT2D eigenvalue weighted by atomic mass is 32.2. The first-order valence-electron chi connectivity index (χ1n) is 20.2. The summed E-state index contributed by atoms with van der Waals surface area (Å²) in [5, 5.41) is 5.59. The zero-order valence-electron chi connectivity index (χ0n) is 34.1. The number of ether oxygens (including phenoxy) is 1. The third-order valence-corrected chi connectivity index (χ3v) is 13.4. The summed E-state index contributed by atoms with van der Waals surface area (Å²) in [7, 11) is -4.01. The third-order valence-electron chi connectivity index (χ3n) is 11.2. The van der Waals surface area contributed by atoms with Gasteiger partial charge in [0.15, 0.2) is 0 Å². The van der Waals surface area contributed by atoms with Crippen LogP contribution in [-0.2, 0) is 37.1 Å². The van der Waals surface area contributed by atoms with Gasteiger partial charge in [0.05, 0.1) is 27.9 Å². The van der Waals surface area contributed by atoms with Crippen LogP contribution >= 0.6 is 0 Å². The van der Waals surface area contributed by atoms with E-state index in [1.54, 1.807) is 6.92 Å². The number of likely N-dealkylation sites (tertiary alicyclic amines) is 1. The molecule has 0 unspecified atom stereocenters. The van der Waals surface area contributed by atoms with Gasteiger partial charge in [0.1, 0.15) is 29.5 Å². The Kier molecular flexibility index (Phi) is 12.5. The maximum absolute atomic E-state index is 14.7. The smallest absolute Gasteiger partial charge is 0.416 e. The molecule has 3 N–H and O–H groups in total. The normalized spacial score (nSPS) is 20.4. The first kappa shape index (κ1) is 43.9. The molecule has 3 amide bonds. The molecule has 0 radical (unpaired) electrons. The van der Waals surface area contributed by atoms with E-state index >= 15 is 0 Å². The number of para-hydroxylation sites is 2. The summed E-state index contributed by atoms with van der Waals surface area (Å²) in [6, 6.07) is 7.34. The minimum absolute atomic E-state index is 0.0430. The number of anilines is 1. The summed E-state index contributed by atoms with van der Waals surface area (Å²) in [5.41, 5.74) is -1.69. The minimum Gasteiger partial charge on any atom is -0.459 e. The highest BCUT2D eigenvalue weighted by Gasteiger charge is 2.57. The van der Waals surface area contributed by atoms with Gasteiger partial charge in [-0.1, -0.05) is 57.9 Å². The zero-order chi connectivity index (χ0) is 43.0. The maximum atomic E-state index is 14.7. The van der Waals surface area contributed by atoms with Gasteiger partial charge in [0, 0.05) is 18.7 Å². The number of alkyl halides is 3. The number of carbonyl (C=O) groups is 3. The van der Waals surface area contributed by atoms with Crippen LogP contribution in [0, 0.1) is 11.2 Å². The molecule has 322 valence electrons. The molecule has 0 spiro atoms. The van der Waals surface area contributed by atoms with Gasteiger partial charge < -0.3 is 20.3 Å². The van der Waals surface area contributed by atoms with Gasteiger partial charge >= 0.3 is 6.18 Å². The summed E-state index contributed by atoms with van der Waals surface area (Å²) in [5.74, 6) is -3.35. The molecule has 1 saturated heterocycles. The Hall–Kier alpha value is -4.67. The molecule has 2 aromatic carbocycles. The number of sulfonamides is 1. The van der Waals surface area contributed by atoms with Crippen LogP contribution in [0.2, 0.25) is 0 Å². The van der Waals surface area contributed by atoms with Crippen molar-refractivity contribution in [2.75, 3.05) is 11.9 Å². The lowest BCUT2D eigenvalue weighted by molar-refractivity contribution is -0.140. The van der Waals surface area contributed by atoms with Crippen LogP contribution in [0.1, 0.15) is 104 Å². The monoisotopic (exact) mass is 846 g/mol. The molecule has 3 atom stereocenters. The van der Waals surface area contributed by atoms with Gasteiger partial charge in [0.25, 0.3) is 11.9 Å². The van der Waals surface area contributed by atoms with Crippen LogP contribution in [0.15, 0.2) is 54.6 Å². The number of allylic oxidation sites excluding steroid dienone is 2. The fourth-order valence-electron chi connectivity index (χ4n) is 7.38. The maximum Gasteiger partial charge on any atom is 0.416 e. The van der Waals surface area contributed by atoms with E-state index in [0.29, 0.717) is 43.8 Å². The second-order valence-electron chi connectivity index (χ2n) is 17.6. The molecule has 1 aliphatic heterocycles. The van der Waals surface area contributed by atoms with E-state index in [2.05, 4.69) is 36.1 Å². The lowest BCUT2D eigenvalue weighted by Crippen LogP contribution is -2.57. The topological polar surface area (TPSA) is 152 Å². The van der Waals surface area contributed by atoms with Crippen LogP contribution in [0.25, 0.3) is 11.0 Å². The molecule has 12 nitrogen and oxygen atoms in total. The summed E-state index contributed by atoms with van der Waals surface area (Å²) in [4.78, 5) is 48.5. The molecular weight excluding hydrogens is 793 g/mol. The number of fused-ring (bicyclic) bond motifs is 1. The van der Waals surface area contributed by atoms with Crippen molar-refractivity contribution in [3.05, 3.63) is 66.0 Å². The number of benzene rings is 2. The molecule has 3 aromatic rings. The molecule has 2 saturated carbocycles. The number of imidazole rings is 1. The highest BCUT2D eigenvalue weighted by Crippen LogP contribution is 2.44. The quantitative estimate of drug-likeness (QED) is 0.0731. The lowest BCUT2D eigenvalue weighted by atomic mass is 9.97. The van der Waals surface area contributed by atoms with Gasteiger partial charge in [-0.15, -0.1) is 0 Å². The van der Waals surface area contributed by atoms with E-state index in [0.717, 1.165) is 30.5 Å². The number of hydrogen-bond donors (Lipinski definition) is 3. The van der Waals surface area contributed by atoms with Crippen molar-refractivity contribution < 1.29 is 45.1 Å². The Morgan fingerprint density at radius 1 is 1.03 bits per heavy atom. The minimum atomic E-state index is -4.85. The van der Waals surface area contributed by atoms with Gasteiger partial charge in [-0.2, -0.15) is 18.2 Å². The molecule has 1 aromatic heterocycles. The van der Waals surface area contributed by atoms with Gasteiger partial charge in [-0.3, -0.25) is 23.7 Å². The van der Waals surface area contributed by atoms with Crippen molar-refractivity contribution >= 4 is 44.5 Å². The summed E-state index contributed by atoms with van der Waals surface area (Å²) in [6.07, 6.45) is 2.30. The number of hydrogen-bond acceptors (Lipinski definition) is 8. The van der Waals surface area contributed by atoms with Crippen LogP contribution in [0.5, 0.6) is 6.01 Å². The van der Waals surface area contributed by atoms with Crippen molar-refractivity contribution in [1.82, 2.24) is 24.5 Å². The van der Waals surface area contributed by atoms with Crippen molar-refractivity contribution in [3.8, 4) is 6.01 Å². The average molecular weight is 847 g/mol. The van der Waals surface area contributed by atoms with Crippen LogP contribution in [-0.4, -0.2) is 75.6 Å². The Bertz CT molecular complexity index is 2190. The number of nitrogens with one attached hydrogen (secondary N) is 3. The number of carbonyl (C=O) groups excluding carboxylic acids is 3. The summed E-state index contributed by atoms with van der Waals surface area (Å²) in [6.45, 7) is 10.0. The molecule has 17 heteroatoms. The predicted octanol–water partition coefficient (Wildman–Crippen LogP) is 7.24. The van der Waals surface area contributed by atoms with Crippen LogP contribution in [0.3, 0.4) is 0 Å². The zero-order valence-corrected chi connectivity index (χ0v) is 34.9. The predicted molar refractivity (Wildman–Crippen MR) is 215 cm³/mol. The Morgan fingerprint density at radius 3 is 2.39 bits per heavy atom. The summed E-state index contributed by atoms with van der Waals surface area (Å²) >= 11 is 0. The van der Waals surface area contributed by atoms with Gasteiger partial charge in [0.2, 0.25) is 21.8 Å². The standard InChI is InChI=1S/C42H54F4N6O6S/c1-6-7-8-9-10-11-15-32(47-29-22-27(42(44,45)46)21-28(43)23-29)36(54)51-25-30(58-38-48-31-14-12-13-16-33(31)52(38)26-39(2,3)4)24-34(51)35(53)49-41(19-20-41)37(55)50-59(56,57)40(5)17-18-40/h6-7,12-14,16,21-23,30,32,34,47H,8-11,15,17-20,24-26H2,1-5H3,(H,49,53)(H,50,55)/b7-6-/t30-,32+,34+/m1/s1. The van der Waals surface area contributed by atoms with E-state index in [9.17, 15) is 40.4 Å². The van der Waals surface area contributed by atoms with E-state index < -0.39 is 73.8 Å². The molecule has 2 aliphatic carbocycles. The number of rotatable bonds is 17. The number of nitrogens with zero attached hydrogens (tertiary/aromatic N) is 3. The number of halogens is 4. The molecule has 59 heavy (non-hydrogen) atoms.